The van der Waals surface area contributed by atoms with Gasteiger partial charge in [0.05, 0.1) is 0 Å². The van der Waals surface area contributed by atoms with E-state index < -0.39 is 12.0 Å². The first-order valence-corrected chi connectivity index (χ1v) is 4.93. The molecule has 92 valence electrons. The predicted molar refractivity (Wildman–Crippen MR) is 62.1 cm³/mol. The molecule has 0 saturated carbocycles. The molecule has 0 spiro atoms. The molecule has 1 aromatic carbocycles. The van der Waals surface area contributed by atoms with E-state index in [2.05, 4.69) is 15.0 Å². The Balaban J connectivity index is 2.32. The lowest BCUT2D eigenvalue weighted by Crippen LogP contribution is -2.19. The number of carboxylic acid groups (broad SMARTS) is 1. The summed E-state index contributed by atoms with van der Waals surface area (Å²) in [5.74, 6) is -1.45. The highest BCUT2D eigenvalue weighted by Gasteiger charge is 2.12. The monoisotopic (exact) mass is 247 g/mol. The number of nitrogens with one attached hydrogen (secondary N) is 1. The van der Waals surface area contributed by atoms with Gasteiger partial charge in [0.2, 0.25) is 5.76 Å². The van der Waals surface area contributed by atoms with E-state index in [0.717, 1.165) is 0 Å². The Hall–Kier alpha value is -2.83. The van der Waals surface area contributed by atoms with E-state index in [-0.39, 0.29) is 5.76 Å². The Kier molecular flexibility index (Phi) is 2.96. The number of primary amides is 1. The number of aromatic nitrogens is 1. The van der Waals surface area contributed by atoms with Gasteiger partial charge >= 0.3 is 12.0 Å². The Morgan fingerprint density at radius 2 is 2.11 bits per heavy atom. The fraction of sp³-hybridized carbons (Fsp3) is 0. The van der Waals surface area contributed by atoms with Crippen LogP contribution in [0.1, 0.15) is 10.6 Å². The molecule has 0 aliphatic heterocycles. The van der Waals surface area contributed by atoms with Gasteiger partial charge in [-0.25, -0.2) is 9.59 Å². The summed E-state index contributed by atoms with van der Waals surface area (Å²) in [6.45, 7) is 0. The molecule has 1 heterocycles. The minimum atomic E-state index is -1.19. The first-order chi connectivity index (χ1) is 8.56. The molecule has 0 aliphatic rings. The first kappa shape index (κ1) is 11.6. The average Bonchev–Trinajstić information content (AvgIpc) is 2.77. The summed E-state index contributed by atoms with van der Waals surface area (Å²) in [5.41, 5.74) is 6.45. The van der Waals surface area contributed by atoms with Gasteiger partial charge in [-0.15, -0.1) is 0 Å². The highest BCUT2D eigenvalue weighted by atomic mass is 16.5. The van der Waals surface area contributed by atoms with E-state index in [1.165, 1.54) is 6.07 Å². The molecule has 0 unspecified atom stereocenters. The van der Waals surface area contributed by atoms with Crippen molar-refractivity contribution in [1.82, 2.24) is 5.16 Å². The number of urea groups is 1. The van der Waals surface area contributed by atoms with E-state index in [0.29, 0.717) is 16.9 Å². The maximum atomic E-state index is 10.7. The SMILES string of the molecule is NC(=O)Nc1cccc(-c2cc(C(=O)O)on2)c1. The molecule has 18 heavy (non-hydrogen) atoms. The van der Waals surface area contributed by atoms with Crippen molar-refractivity contribution in [2.75, 3.05) is 5.32 Å². The molecular weight excluding hydrogens is 238 g/mol. The zero-order valence-corrected chi connectivity index (χ0v) is 9.08. The Morgan fingerprint density at radius 1 is 1.33 bits per heavy atom. The van der Waals surface area contributed by atoms with Gasteiger partial charge in [-0.1, -0.05) is 17.3 Å². The van der Waals surface area contributed by atoms with Crippen LogP contribution in [0.5, 0.6) is 0 Å². The first-order valence-electron chi connectivity index (χ1n) is 4.93. The number of nitrogens with zero attached hydrogens (tertiary/aromatic N) is 1. The summed E-state index contributed by atoms with van der Waals surface area (Å²) in [5, 5.41) is 14.7. The van der Waals surface area contributed by atoms with E-state index >= 15 is 0 Å². The van der Waals surface area contributed by atoms with Crippen LogP contribution in [0.3, 0.4) is 0 Å². The van der Waals surface area contributed by atoms with Gasteiger partial charge < -0.3 is 20.7 Å². The van der Waals surface area contributed by atoms with Gasteiger partial charge in [0, 0.05) is 17.3 Å². The third-order valence-corrected chi connectivity index (χ3v) is 2.15. The van der Waals surface area contributed by atoms with Gasteiger partial charge in [0.1, 0.15) is 5.69 Å². The van der Waals surface area contributed by atoms with Crippen LogP contribution in [-0.2, 0) is 0 Å². The van der Waals surface area contributed by atoms with Crippen LogP contribution in [0.25, 0.3) is 11.3 Å². The van der Waals surface area contributed by atoms with Crippen molar-refractivity contribution in [3.8, 4) is 11.3 Å². The van der Waals surface area contributed by atoms with Crippen LogP contribution < -0.4 is 11.1 Å². The quantitative estimate of drug-likeness (QED) is 0.759. The molecular formula is C11H9N3O4. The zero-order chi connectivity index (χ0) is 13.1. The molecule has 7 heteroatoms. The predicted octanol–water partition coefficient (Wildman–Crippen LogP) is 1.53. The number of hydrogen-bond donors (Lipinski definition) is 3. The van der Waals surface area contributed by atoms with Crippen molar-refractivity contribution in [3.05, 3.63) is 36.1 Å². The van der Waals surface area contributed by atoms with Crippen molar-refractivity contribution in [3.63, 3.8) is 0 Å². The molecule has 0 radical (unpaired) electrons. The number of carbonyl (C=O) groups excluding carboxylic acids is 1. The maximum Gasteiger partial charge on any atom is 0.374 e. The standard InChI is InChI=1S/C11H9N3O4/c12-11(17)13-7-3-1-2-6(4-7)8-5-9(10(15)16)18-14-8/h1-5H,(H,15,16)(H3,12,13,17). The lowest BCUT2D eigenvalue weighted by Gasteiger charge is -2.02. The van der Waals surface area contributed by atoms with E-state index in [9.17, 15) is 9.59 Å². The highest BCUT2D eigenvalue weighted by molar-refractivity contribution is 5.89. The third kappa shape index (κ3) is 2.46. The number of aromatic carboxylic acids is 1. The van der Waals surface area contributed by atoms with E-state index in [1.807, 2.05) is 0 Å². The summed E-state index contributed by atoms with van der Waals surface area (Å²) in [4.78, 5) is 21.4. The zero-order valence-electron chi connectivity index (χ0n) is 9.08. The Labute approximate surface area is 101 Å². The molecule has 2 amide bonds. The second kappa shape index (κ2) is 4.58. The molecule has 2 rings (SSSR count). The molecule has 0 fully saturated rings. The van der Waals surface area contributed by atoms with Gasteiger partial charge in [-0.2, -0.15) is 0 Å². The molecule has 4 N–H and O–H groups in total. The lowest BCUT2D eigenvalue weighted by atomic mass is 10.1. The molecule has 7 nitrogen and oxygen atoms in total. The number of amides is 2. The van der Waals surface area contributed by atoms with Crippen LogP contribution in [-0.4, -0.2) is 22.3 Å². The van der Waals surface area contributed by atoms with Gasteiger partial charge in [0.15, 0.2) is 0 Å². The van der Waals surface area contributed by atoms with Crippen molar-refractivity contribution in [2.45, 2.75) is 0 Å². The van der Waals surface area contributed by atoms with Crippen molar-refractivity contribution in [2.24, 2.45) is 5.73 Å². The molecule has 0 saturated heterocycles. The summed E-state index contributed by atoms with van der Waals surface area (Å²) in [6.07, 6.45) is 0. The topological polar surface area (TPSA) is 118 Å². The van der Waals surface area contributed by atoms with Crippen LogP contribution in [0.15, 0.2) is 34.9 Å². The number of carboxylic acids is 1. The minimum absolute atomic E-state index is 0.252. The fourth-order valence-electron chi connectivity index (χ4n) is 1.41. The largest absolute Gasteiger partial charge is 0.475 e. The van der Waals surface area contributed by atoms with Crippen LogP contribution in [0.2, 0.25) is 0 Å². The molecule has 1 aromatic heterocycles. The number of carbonyl (C=O) groups is 2. The lowest BCUT2D eigenvalue weighted by molar-refractivity contribution is 0.0652. The van der Waals surface area contributed by atoms with Gasteiger partial charge in [0.25, 0.3) is 0 Å². The second-order valence-corrected chi connectivity index (χ2v) is 3.45. The smallest absolute Gasteiger partial charge is 0.374 e. The summed E-state index contributed by atoms with van der Waals surface area (Å²) in [7, 11) is 0. The molecule has 0 bridgehead atoms. The van der Waals surface area contributed by atoms with Gasteiger partial charge in [-0.05, 0) is 12.1 Å². The van der Waals surface area contributed by atoms with Crippen molar-refractivity contribution < 1.29 is 19.2 Å². The average molecular weight is 247 g/mol. The normalized spacial score (nSPS) is 10.0. The third-order valence-electron chi connectivity index (χ3n) is 2.15. The Morgan fingerprint density at radius 3 is 2.72 bits per heavy atom. The molecule has 2 aromatic rings. The molecule has 0 aliphatic carbocycles. The van der Waals surface area contributed by atoms with Gasteiger partial charge in [-0.3, -0.25) is 0 Å². The minimum Gasteiger partial charge on any atom is -0.475 e. The van der Waals surface area contributed by atoms with Crippen molar-refractivity contribution >= 4 is 17.7 Å². The molecule has 0 atom stereocenters. The number of hydrogen-bond acceptors (Lipinski definition) is 4. The highest BCUT2D eigenvalue weighted by Crippen LogP contribution is 2.22. The number of rotatable bonds is 3. The number of nitrogens with two attached hydrogens (primary N) is 1. The summed E-state index contributed by atoms with van der Waals surface area (Å²) >= 11 is 0. The van der Waals surface area contributed by atoms with Crippen LogP contribution >= 0.6 is 0 Å². The number of anilines is 1. The van der Waals surface area contributed by atoms with Crippen molar-refractivity contribution in [1.29, 1.82) is 0 Å². The Bertz CT molecular complexity index is 606. The van der Waals surface area contributed by atoms with E-state index in [4.69, 9.17) is 10.8 Å². The summed E-state index contributed by atoms with van der Waals surface area (Å²) in [6, 6.07) is 7.25. The van der Waals surface area contributed by atoms with Crippen LogP contribution in [0, 0.1) is 0 Å². The maximum absolute atomic E-state index is 10.7. The van der Waals surface area contributed by atoms with Crippen LogP contribution in [0.4, 0.5) is 10.5 Å². The van der Waals surface area contributed by atoms with E-state index in [1.54, 1.807) is 24.3 Å². The fourth-order valence-corrected chi connectivity index (χ4v) is 1.41. The second-order valence-electron chi connectivity index (χ2n) is 3.45. The number of benzene rings is 1. The summed E-state index contributed by atoms with van der Waals surface area (Å²) < 4.78 is 4.64.